The predicted octanol–water partition coefficient (Wildman–Crippen LogP) is 0.222. The highest BCUT2D eigenvalue weighted by molar-refractivity contribution is 5.72. The van der Waals surface area contributed by atoms with Crippen LogP contribution in [0, 0.1) is 0 Å². The van der Waals surface area contributed by atoms with Gasteiger partial charge in [-0.3, -0.25) is 0 Å². The molecule has 0 aliphatic heterocycles. The number of carboxylic acid groups (broad SMARTS) is 1. The number of rotatable bonds is 5. The van der Waals surface area contributed by atoms with Crippen molar-refractivity contribution in [3.8, 4) is 0 Å². The summed E-state index contributed by atoms with van der Waals surface area (Å²) in [7, 11) is 0. The van der Waals surface area contributed by atoms with Gasteiger partial charge in [-0.05, 0) is 5.56 Å². The van der Waals surface area contributed by atoms with Gasteiger partial charge in [0.2, 0.25) is 0 Å². The first-order valence-electron chi connectivity index (χ1n) is 4.35. The van der Waals surface area contributed by atoms with Crippen LogP contribution in [0.2, 0.25) is 0 Å². The summed E-state index contributed by atoms with van der Waals surface area (Å²) in [5, 5.41) is 20.2. The lowest BCUT2D eigenvalue weighted by molar-refractivity contribution is -0.146. The molecule has 1 aromatic rings. The SMILES string of the molecule is O=C(O)C(O)CNCc1ccccc1. The summed E-state index contributed by atoms with van der Waals surface area (Å²) >= 11 is 0. The van der Waals surface area contributed by atoms with Gasteiger partial charge < -0.3 is 15.5 Å². The third-order valence-electron chi connectivity index (χ3n) is 1.79. The number of aliphatic hydroxyl groups excluding tert-OH is 1. The molecular formula is C10H13NO3. The third-order valence-corrected chi connectivity index (χ3v) is 1.79. The molecule has 0 amide bonds. The normalized spacial score (nSPS) is 12.4. The quantitative estimate of drug-likeness (QED) is 0.628. The van der Waals surface area contributed by atoms with Crippen LogP contribution >= 0.6 is 0 Å². The van der Waals surface area contributed by atoms with Crippen molar-refractivity contribution < 1.29 is 15.0 Å². The average Bonchev–Trinajstić information content (AvgIpc) is 2.19. The molecule has 1 rings (SSSR count). The van der Waals surface area contributed by atoms with Gasteiger partial charge in [0, 0.05) is 13.1 Å². The van der Waals surface area contributed by atoms with Crippen LogP contribution in [0.3, 0.4) is 0 Å². The summed E-state index contributed by atoms with van der Waals surface area (Å²) in [6.07, 6.45) is -1.33. The highest BCUT2D eigenvalue weighted by Crippen LogP contribution is 1.96. The van der Waals surface area contributed by atoms with Crippen LogP contribution in [0.4, 0.5) is 0 Å². The summed E-state index contributed by atoms with van der Waals surface area (Å²) in [6, 6.07) is 9.59. The molecule has 0 saturated carbocycles. The average molecular weight is 195 g/mol. The summed E-state index contributed by atoms with van der Waals surface area (Å²) in [6.45, 7) is 0.620. The largest absolute Gasteiger partial charge is 0.479 e. The van der Waals surface area contributed by atoms with Crippen LogP contribution in [-0.2, 0) is 11.3 Å². The molecule has 0 fully saturated rings. The minimum absolute atomic E-state index is 0.0597. The number of hydrogen-bond donors (Lipinski definition) is 3. The van der Waals surface area contributed by atoms with Gasteiger partial charge >= 0.3 is 5.97 Å². The molecule has 1 atom stereocenters. The molecule has 0 saturated heterocycles. The van der Waals surface area contributed by atoms with Crippen LogP contribution in [0.25, 0.3) is 0 Å². The molecule has 0 heterocycles. The Balaban J connectivity index is 2.26. The van der Waals surface area contributed by atoms with Crippen molar-refractivity contribution in [2.24, 2.45) is 0 Å². The molecule has 14 heavy (non-hydrogen) atoms. The Morgan fingerprint density at radius 2 is 2.00 bits per heavy atom. The minimum Gasteiger partial charge on any atom is -0.479 e. The van der Waals surface area contributed by atoms with Crippen LogP contribution in [0.15, 0.2) is 30.3 Å². The van der Waals surface area contributed by atoms with Crippen LogP contribution in [0.1, 0.15) is 5.56 Å². The molecule has 1 unspecified atom stereocenters. The Bertz CT molecular complexity index is 287. The van der Waals surface area contributed by atoms with Crippen molar-refractivity contribution in [2.75, 3.05) is 6.54 Å². The van der Waals surface area contributed by atoms with Crippen molar-refractivity contribution >= 4 is 5.97 Å². The van der Waals surface area contributed by atoms with Crippen LogP contribution < -0.4 is 5.32 Å². The zero-order chi connectivity index (χ0) is 10.4. The van der Waals surface area contributed by atoms with E-state index < -0.39 is 12.1 Å². The molecule has 0 aliphatic carbocycles. The van der Waals surface area contributed by atoms with Gasteiger partial charge in [-0.15, -0.1) is 0 Å². The molecule has 1 aromatic carbocycles. The predicted molar refractivity (Wildman–Crippen MR) is 51.8 cm³/mol. The molecule has 0 radical (unpaired) electrons. The van der Waals surface area contributed by atoms with E-state index in [9.17, 15) is 4.79 Å². The molecule has 76 valence electrons. The maximum atomic E-state index is 10.3. The maximum Gasteiger partial charge on any atom is 0.333 e. The lowest BCUT2D eigenvalue weighted by Gasteiger charge is -2.07. The molecular weight excluding hydrogens is 182 g/mol. The van der Waals surface area contributed by atoms with E-state index >= 15 is 0 Å². The van der Waals surface area contributed by atoms with Crippen molar-refractivity contribution in [1.82, 2.24) is 5.32 Å². The first kappa shape index (κ1) is 10.7. The number of carboxylic acids is 1. The second-order valence-electron chi connectivity index (χ2n) is 2.97. The van der Waals surface area contributed by atoms with Crippen LogP contribution in [0.5, 0.6) is 0 Å². The standard InChI is InChI=1S/C10H13NO3/c12-9(10(13)14)7-11-6-8-4-2-1-3-5-8/h1-5,9,11-12H,6-7H2,(H,13,14). The van der Waals surface area contributed by atoms with Crippen LogP contribution in [-0.4, -0.2) is 28.8 Å². The van der Waals surface area contributed by atoms with E-state index in [0.717, 1.165) is 5.56 Å². The van der Waals surface area contributed by atoms with Gasteiger partial charge in [0.25, 0.3) is 0 Å². The van der Waals surface area contributed by atoms with E-state index in [1.54, 1.807) is 0 Å². The second-order valence-corrected chi connectivity index (χ2v) is 2.97. The van der Waals surface area contributed by atoms with Crippen molar-refractivity contribution in [3.05, 3.63) is 35.9 Å². The van der Waals surface area contributed by atoms with Crippen molar-refractivity contribution in [1.29, 1.82) is 0 Å². The maximum absolute atomic E-state index is 10.3. The zero-order valence-electron chi connectivity index (χ0n) is 7.68. The number of aliphatic carboxylic acids is 1. The fourth-order valence-corrected chi connectivity index (χ4v) is 1.04. The Morgan fingerprint density at radius 3 is 2.57 bits per heavy atom. The van der Waals surface area contributed by atoms with Gasteiger partial charge in [-0.1, -0.05) is 30.3 Å². The van der Waals surface area contributed by atoms with Gasteiger partial charge in [0.15, 0.2) is 6.10 Å². The van der Waals surface area contributed by atoms with Gasteiger partial charge in [-0.25, -0.2) is 4.79 Å². The first-order chi connectivity index (χ1) is 6.70. The Morgan fingerprint density at radius 1 is 1.36 bits per heavy atom. The lowest BCUT2D eigenvalue weighted by atomic mass is 10.2. The monoisotopic (exact) mass is 195 g/mol. The van der Waals surface area contributed by atoms with E-state index in [1.165, 1.54) is 0 Å². The fourth-order valence-electron chi connectivity index (χ4n) is 1.04. The summed E-state index contributed by atoms with van der Waals surface area (Å²) < 4.78 is 0. The fraction of sp³-hybridized carbons (Fsp3) is 0.300. The highest BCUT2D eigenvalue weighted by Gasteiger charge is 2.11. The minimum atomic E-state index is -1.33. The van der Waals surface area contributed by atoms with E-state index in [4.69, 9.17) is 10.2 Å². The number of carbonyl (C=O) groups is 1. The number of hydrogen-bond acceptors (Lipinski definition) is 3. The molecule has 0 aliphatic rings. The molecule has 3 N–H and O–H groups in total. The Kier molecular flexibility index (Phi) is 4.10. The molecule has 4 nitrogen and oxygen atoms in total. The number of aliphatic hydroxyl groups is 1. The smallest absolute Gasteiger partial charge is 0.333 e. The topological polar surface area (TPSA) is 69.6 Å². The van der Waals surface area contributed by atoms with Gasteiger partial charge in [0.1, 0.15) is 0 Å². The molecule has 0 aromatic heterocycles. The molecule has 4 heteroatoms. The van der Waals surface area contributed by atoms with E-state index in [2.05, 4.69) is 5.32 Å². The summed E-state index contributed by atoms with van der Waals surface area (Å²) in [5.74, 6) is -1.20. The third kappa shape index (κ3) is 3.55. The number of nitrogens with one attached hydrogen (secondary N) is 1. The first-order valence-corrected chi connectivity index (χ1v) is 4.35. The summed E-state index contributed by atoms with van der Waals surface area (Å²) in [5.41, 5.74) is 1.06. The second kappa shape index (κ2) is 5.36. The van der Waals surface area contributed by atoms with E-state index in [0.29, 0.717) is 6.54 Å². The molecule has 0 spiro atoms. The van der Waals surface area contributed by atoms with E-state index in [-0.39, 0.29) is 6.54 Å². The highest BCUT2D eigenvalue weighted by atomic mass is 16.4. The Labute approximate surface area is 82.2 Å². The molecule has 0 bridgehead atoms. The number of benzene rings is 1. The lowest BCUT2D eigenvalue weighted by Crippen LogP contribution is -2.32. The Hall–Kier alpha value is -1.39. The summed E-state index contributed by atoms with van der Waals surface area (Å²) in [4.78, 5) is 10.3. The van der Waals surface area contributed by atoms with Crippen molar-refractivity contribution in [3.63, 3.8) is 0 Å². The van der Waals surface area contributed by atoms with Crippen molar-refractivity contribution in [2.45, 2.75) is 12.6 Å². The zero-order valence-corrected chi connectivity index (χ0v) is 7.68. The van der Waals surface area contributed by atoms with Gasteiger partial charge in [0.05, 0.1) is 0 Å². The van der Waals surface area contributed by atoms with E-state index in [1.807, 2.05) is 30.3 Å². The van der Waals surface area contributed by atoms with Gasteiger partial charge in [-0.2, -0.15) is 0 Å².